The van der Waals surface area contributed by atoms with Crippen LogP contribution in [-0.2, 0) is 11.3 Å². The maximum atomic E-state index is 5.61. The molecule has 0 saturated heterocycles. The van der Waals surface area contributed by atoms with Crippen molar-refractivity contribution in [3.63, 3.8) is 0 Å². The fourth-order valence-corrected chi connectivity index (χ4v) is 1.53. The second-order valence-corrected chi connectivity index (χ2v) is 4.42. The van der Waals surface area contributed by atoms with Crippen LogP contribution in [0.25, 0.3) is 0 Å². The Morgan fingerprint density at radius 3 is 2.94 bits per heavy atom. The molecule has 0 atom stereocenters. The molecular weight excluding hydrogens is 226 g/mol. The first-order valence-electron chi connectivity index (χ1n) is 6.28. The molecule has 0 aliphatic heterocycles. The van der Waals surface area contributed by atoms with Crippen LogP contribution in [0, 0.1) is 0 Å². The van der Waals surface area contributed by atoms with E-state index >= 15 is 0 Å². The van der Waals surface area contributed by atoms with Crippen LogP contribution < -0.4 is 10.1 Å². The van der Waals surface area contributed by atoms with Crippen LogP contribution in [0.4, 0.5) is 0 Å². The minimum atomic E-state index is 0.574. The summed E-state index contributed by atoms with van der Waals surface area (Å²) < 4.78 is 10.6. The highest BCUT2D eigenvalue weighted by atomic mass is 16.5. The molecule has 100 valence electrons. The van der Waals surface area contributed by atoms with E-state index in [0.717, 1.165) is 37.4 Å². The quantitative estimate of drug-likeness (QED) is 0.539. The molecule has 1 rings (SSSR count). The van der Waals surface area contributed by atoms with E-state index in [-0.39, 0.29) is 0 Å². The van der Waals surface area contributed by atoms with Crippen molar-refractivity contribution >= 4 is 0 Å². The third-order valence-corrected chi connectivity index (χ3v) is 2.41. The summed E-state index contributed by atoms with van der Waals surface area (Å²) >= 11 is 0. The fraction of sp³-hybridized carbons (Fsp3) is 0.467. The van der Waals surface area contributed by atoms with Gasteiger partial charge in [0.2, 0.25) is 0 Å². The van der Waals surface area contributed by atoms with Crippen molar-refractivity contribution in [2.45, 2.75) is 19.9 Å². The topological polar surface area (TPSA) is 30.5 Å². The lowest BCUT2D eigenvalue weighted by Gasteiger charge is -2.08. The first kappa shape index (κ1) is 14.7. The fourth-order valence-electron chi connectivity index (χ4n) is 1.53. The lowest BCUT2D eigenvalue weighted by Crippen LogP contribution is -2.16. The third-order valence-electron chi connectivity index (χ3n) is 2.41. The van der Waals surface area contributed by atoms with Crippen LogP contribution in [-0.4, -0.2) is 26.9 Å². The van der Waals surface area contributed by atoms with E-state index in [1.54, 1.807) is 7.11 Å². The second-order valence-electron chi connectivity index (χ2n) is 4.42. The minimum Gasteiger partial charge on any atom is -0.489 e. The highest BCUT2D eigenvalue weighted by Gasteiger charge is 1.97. The Kier molecular flexibility index (Phi) is 7.14. The van der Waals surface area contributed by atoms with Crippen LogP contribution in [0.3, 0.4) is 0 Å². The molecule has 0 unspecified atom stereocenters. The van der Waals surface area contributed by atoms with Crippen molar-refractivity contribution in [2.75, 3.05) is 26.9 Å². The van der Waals surface area contributed by atoms with E-state index in [1.165, 1.54) is 5.56 Å². The molecule has 1 N–H and O–H groups in total. The van der Waals surface area contributed by atoms with Crippen LogP contribution in [0.15, 0.2) is 36.4 Å². The monoisotopic (exact) mass is 249 g/mol. The highest BCUT2D eigenvalue weighted by molar-refractivity contribution is 5.28. The van der Waals surface area contributed by atoms with Gasteiger partial charge in [-0.15, -0.1) is 0 Å². The normalized spacial score (nSPS) is 10.3. The van der Waals surface area contributed by atoms with E-state index < -0.39 is 0 Å². The number of methoxy groups -OCH3 is 1. The van der Waals surface area contributed by atoms with Gasteiger partial charge in [0.15, 0.2) is 0 Å². The summed E-state index contributed by atoms with van der Waals surface area (Å²) in [5, 5.41) is 3.38. The maximum absolute atomic E-state index is 5.61. The van der Waals surface area contributed by atoms with Gasteiger partial charge in [0.05, 0.1) is 0 Å². The average molecular weight is 249 g/mol. The van der Waals surface area contributed by atoms with Crippen molar-refractivity contribution in [1.82, 2.24) is 5.32 Å². The van der Waals surface area contributed by atoms with Gasteiger partial charge in [-0.05, 0) is 43.2 Å². The summed E-state index contributed by atoms with van der Waals surface area (Å²) in [6.45, 7) is 8.97. The molecule has 1 aromatic rings. The Hall–Kier alpha value is -1.32. The zero-order valence-electron chi connectivity index (χ0n) is 11.4. The van der Waals surface area contributed by atoms with Crippen LogP contribution in [0.1, 0.15) is 18.9 Å². The summed E-state index contributed by atoms with van der Waals surface area (Å²) in [7, 11) is 1.72. The molecule has 0 saturated carbocycles. The third kappa shape index (κ3) is 6.42. The highest BCUT2D eigenvalue weighted by Crippen LogP contribution is 2.13. The number of ether oxygens (including phenoxy) is 2. The van der Waals surface area contributed by atoms with Gasteiger partial charge in [-0.25, -0.2) is 0 Å². The predicted octanol–water partition coefficient (Wildman–Crippen LogP) is 2.77. The minimum absolute atomic E-state index is 0.574. The van der Waals surface area contributed by atoms with Crippen molar-refractivity contribution in [3.8, 4) is 5.75 Å². The van der Waals surface area contributed by atoms with Gasteiger partial charge in [0.25, 0.3) is 0 Å². The first-order valence-corrected chi connectivity index (χ1v) is 6.28. The summed E-state index contributed by atoms with van der Waals surface area (Å²) in [5.74, 6) is 0.897. The zero-order chi connectivity index (χ0) is 13.2. The average Bonchev–Trinajstić information content (AvgIpc) is 2.37. The van der Waals surface area contributed by atoms with Crippen molar-refractivity contribution < 1.29 is 9.47 Å². The molecule has 3 heteroatoms. The van der Waals surface area contributed by atoms with Crippen molar-refractivity contribution in [3.05, 3.63) is 42.0 Å². The maximum Gasteiger partial charge on any atom is 0.120 e. The molecule has 0 amide bonds. The molecule has 0 aliphatic carbocycles. The lowest BCUT2D eigenvalue weighted by atomic mass is 10.2. The van der Waals surface area contributed by atoms with Gasteiger partial charge >= 0.3 is 0 Å². The van der Waals surface area contributed by atoms with Crippen LogP contribution in [0.5, 0.6) is 5.75 Å². The van der Waals surface area contributed by atoms with Gasteiger partial charge in [-0.1, -0.05) is 18.7 Å². The van der Waals surface area contributed by atoms with Crippen LogP contribution in [0.2, 0.25) is 0 Å². The largest absolute Gasteiger partial charge is 0.489 e. The first-order chi connectivity index (χ1) is 8.72. The molecule has 0 aromatic heterocycles. The summed E-state index contributed by atoms with van der Waals surface area (Å²) in [4.78, 5) is 0. The molecule has 1 aromatic carbocycles. The van der Waals surface area contributed by atoms with E-state index in [0.29, 0.717) is 6.61 Å². The molecule has 3 nitrogen and oxygen atoms in total. The number of benzene rings is 1. The van der Waals surface area contributed by atoms with Gasteiger partial charge in [0, 0.05) is 20.3 Å². The van der Waals surface area contributed by atoms with Gasteiger partial charge in [-0.3, -0.25) is 0 Å². The predicted molar refractivity (Wildman–Crippen MR) is 75.0 cm³/mol. The van der Waals surface area contributed by atoms with E-state index in [1.807, 2.05) is 19.1 Å². The molecule has 18 heavy (non-hydrogen) atoms. The number of rotatable bonds is 9. The molecule has 0 radical (unpaired) electrons. The van der Waals surface area contributed by atoms with Gasteiger partial charge in [-0.2, -0.15) is 0 Å². The molecule has 0 spiro atoms. The van der Waals surface area contributed by atoms with Gasteiger partial charge in [0.1, 0.15) is 12.4 Å². The smallest absolute Gasteiger partial charge is 0.120 e. The lowest BCUT2D eigenvalue weighted by molar-refractivity contribution is 0.194. The van der Waals surface area contributed by atoms with E-state index in [9.17, 15) is 0 Å². The van der Waals surface area contributed by atoms with E-state index in [4.69, 9.17) is 9.47 Å². The SMILES string of the molecule is C=C(C)COc1cccc(CNCCCOC)c1. The Morgan fingerprint density at radius 2 is 2.22 bits per heavy atom. The molecular formula is C15H23NO2. The van der Waals surface area contributed by atoms with Crippen molar-refractivity contribution in [1.29, 1.82) is 0 Å². The summed E-state index contributed by atoms with van der Waals surface area (Å²) in [6.07, 6.45) is 1.03. The Bertz CT molecular complexity index is 363. The van der Waals surface area contributed by atoms with E-state index in [2.05, 4.69) is 24.0 Å². The van der Waals surface area contributed by atoms with Gasteiger partial charge < -0.3 is 14.8 Å². The molecule has 0 fully saturated rings. The standard InChI is InChI=1S/C15H23NO2/c1-13(2)12-18-15-7-4-6-14(10-15)11-16-8-5-9-17-3/h4,6-7,10,16H,1,5,8-9,11-12H2,2-3H3. The Balaban J connectivity index is 2.32. The van der Waals surface area contributed by atoms with Crippen LogP contribution >= 0.6 is 0 Å². The molecule has 0 heterocycles. The number of nitrogens with one attached hydrogen (secondary N) is 1. The van der Waals surface area contributed by atoms with Crippen molar-refractivity contribution in [2.24, 2.45) is 0 Å². The summed E-state index contributed by atoms with van der Waals surface area (Å²) in [6, 6.07) is 8.14. The zero-order valence-corrected chi connectivity index (χ0v) is 11.4. The molecule has 0 aliphatic rings. The summed E-state index contributed by atoms with van der Waals surface area (Å²) in [5.41, 5.74) is 2.25. The number of hydrogen-bond acceptors (Lipinski definition) is 3. The Labute approximate surface area is 110 Å². The second kappa shape index (κ2) is 8.72. The Morgan fingerprint density at radius 1 is 1.39 bits per heavy atom. The number of hydrogen-bond donors (Lipinski definition) is 1. The molecule has 0 bridgehead atoms.